The second-order valence-corrected chi connectivity index (χ2v) is 8.12. The van der Waals surface area contributed by atoms with Crippen LogP contribution in [-0.4, -0.2) is 72.4 Å². The smallest absolute Gasteiger partial charge is 0.205 e. The number of nitrogens with zero attached hydrogens (tertiary/aromatic N) is 6. The van der Waals surface area contributed by atoms with E-state index in [1.807, 2.05) is 31.1 Å². The van der Waals surface area contributed by atoms with Gasteiger partial charge in [0.2, 0.25) is 5.13 Å². The Bertz CT molecular complexity index is 828. The normalized spacial score (nSPS) is 15.3. The number of anilines is 1. The van der Waals surface area contributed by atoms with Crippen LogP contribution < -0.4 is 10.2 Å². The van der Waals surface area contributed by atoms with Gasteiger partial charge in [0.1, 0.15) is 11.6 Å². The molecule has 158 valence electrons. The molecule has 2 heterocycles. The van der Waals surface area contributed by atoms with Crippen LogP contribution in [0, 0.1) is 5.82 Å². The number of piperazine rings is 1. The fourth-order valence-electron chi connectivity index (χ4n) is 3.34. The van der Waals surface area contributed by atoms with Crippen LogP contribution in [-0.2, 0) is 19.5 Å². The monoisotopic (exact) mass is 419 g/mol. The Labute approximate surface area is 176 Å². The molecule has 1 aliphatic heterocycles. The van der Waals surface area contributed by atoms with Crippen molar-refractivity contribution >= 4 is 22.6 Å². The van der Waals surface area contributed by atoms with E-state index in [1.54, 1.807) is 13.1 Å². The number of aromatic nitrogens is 2. The lowest BCUT2D eigenvalue weighted by Gasteiger charge is -2.36. The van der Waals surface area contributed by atoms with Crippen LogP contribution in [0.15, 0.2) is 23.2 Å². The van der Waals surface area contributed by atoms with Gasteiger partial charge in [-0.25, -0.2) is 9.37 Å². The first-order chi connectivity index (χ1) is 14.0. The molecular weight excluding hydrogens is 389 g/mol. The van der Waals surface area contributed by atoms with E-state index in [1.165, 1.54) is 11.5 Å². The van der Waals surface area contributed by atoms with Crippen LogP contribution in [0.1, 0.15) is 23.9 Å². The number of rotatable bonds is 6. The van der Waals surface area contributed by atoms with Gasteiger partial charge in [-0.2, -0.15) is 4.37 Å². The van der Waals surface area contributed by atoms with Gasteiger partial charge in [-0.3, -0.25) is 4.99 Å². The third kappa shape index (κ3) is 5.63. The van der Waals surface area contributed by atoms with E-state index in [-0.39, 0.29) is 5.82 Å². The molecular formula is C20H30FN7S. The van der Waals surface area contributed by atoms with E-state index < -0.39 is 0 Å². The molecule has 7 nitrogen and oxygen atoms in total. The Morgan fingerprint density at radius 2 is 2.03 bits per heavy atom. The van der Waals surface area contributed by atoms with Gasteiger partial charge in [0.05, 0.1) is 0 Å². The van der Waals surface area contributed by atoms with Crippen LogP contribution in [0.2, 0.25) is 0 Å². The van der Waals surface area contributed by atoms with E-state index in [0.717, 1.165) is 55.1 Å². The van der Waals surface area contributed by atoms with Crippen LogP contribution in [0.25, 0.3) is 0 Å². The SMILES string of the molecule is CCc1nsc(N2CCN(C(=NC)NCc3ccc(F)c(CN(C)C)c3)CC2)n1. The van der Waals surface area contributed by atoms with E-state index in [9.17, 15) is 4.39 Å². The summed E-state index contributed by atoms with van der Waals surface area (Å²) >= 11 is 1.48. The molecule has 29 heavy (non-hydrogen) atoms. The highest BCUT2D eigenvalue weighted by molar-refractivity contribution is 7.09. The van der Waals surface area contributed by atoms with Gasteiger partial charge in [0.25, 0.3) is 0 Å². The van der Waals surface area contributed by atoms with Crippen LogP contribution in [0.4, 0.5) is 9.52 Å². The van der Waals surface area contributed by atoms with Crippen molar-refractivity contribution in [2.24, 2.45) is 4.99 Å². The van der Waals surface area contributed by atoms with Crippen LogP contribution in [0.3, 0.4) is 0 Å². The molecule has 9 heteroatoms. The molecule has 2 aromatic rings. The van der Waals surface area contributed by atoms with Crippen molar-refractivity contribution in [3.8, 4) is 0 Å². The summed E-state index contributed by atoms with van der Waals surface area (Å²) in [6.07, 6.45) is 0.868. The van der Waals surface area contributed by atoms with E-state index in [0.29, 0.717) is 18.7 Å². The lowest BCUT2D eigenvalue weighted by atomic mass is 10.1. The topological polar surface area (TPSA) is 59.9 Å². The second-order valence-electron chi connectivity index (χ2n) is 7.39. The first-order valence-corrected chi connectivity index (χ1v) is 10.7. The predicted molar refractivity (Wildman–Crippen MR) is 117 cm³/mol. The number of benzene rings is 1. The number of halogens is 1. The van der Waals surface area contributed by atoms with Crippen molar-refractivity contribution in [3.05, 3.63) is 41.0 Å². The fraction of sp³-hybridized carbons (Fsp3) is 0.550. The zero-order valence-corrected chi connectivity index (χ0v) is 18.5. The maximum Gasteiger partial charge on any atom is 0.205 e. The molecule has 0 bridgehead atoms. The highest BCUT2D eigenvalue weighted by Gasteiger charge is 2.22. The summed E-state index contributed by atoms with van der Waals surface area (Å²) in [5, 5.41) is 4.42. The Kier molecular flexibility index (Phi) is 7.38. The Hall–Kier alpha value is -2.26. The summed E-state index contributed by atoms with van der Waals surface area (Å²) in [4.78, 5) is 15.5. The molecule has 0 atom stereocenters. The molecule has 0 spiro atoms. The Morgan fingerprint density at radius 1 is 1.28 bits per heavy atom. The van der Waals surface area contributed by atoms with Crippen molar-refractivity contribution in [1.29, 1.82) is 0 Å². The maximum absolute atomic E-state index is 14.0. The summed E-state index contributed by atoms with van der Waals surface area (Å²) < 4.78 is 18.4. The lowest BCUT2D eigenvalue weighted by Crippen LogP contribution is -2.52. The van der Waals surface area contributed by atoms with E-state index in [4.69, 9.17) is 0 Å². The first-order valence-electron chi connectivity index (χ1n) is 9.95. The van der Waals surface area contributed by atoms with Gasteiger partial charge >= 0.3 is 0 Å². The van der Waals surface area contributed by atoms with E-state index >= 15 is 0 Å². The van der Waals surface area contributed by atoms with Gasteiger partial charge in [0, 0.05) is 69.8 Å². The third-order valence-electron chi connectivity index (χ3n) is 4.88. The van der Waals surface area contributed by atoms with Crippen molar-refractivity contribution in [2.45, 2.75) is 26.4 Å². The summed E-state index contributed by atoms with van der Waals surface area (Å²) in [6.45, 7) is 6.80. The third-order valence-corrected chi connectivity index (χ3v) is 5.70. The number of nitrogens with one attached hydrogen (secondary N) is 1. The standard InChI is InChI=1S/C20H30FN7S/c1-5-18-24-20(29-25-18)28-10-8-27(9-11-28)19(22-2)23-13-15-6-7-17(21)16(12-15)14-26(3)4/h6-7,12H,5,8-11,13-14H2,1-4H3,(H,22,23). The average Bonchev–Trinajstić information content (AvgIpc) is 3.20. The molecule has 0 aliphatic carbocycles. The zero-order valence-electron chi connectivity index (χ0n) is 17.7. The first kappa shape index (κ1) is 21.4. The maximum atomic E-state index is 14.0. The summed E-state index contributed by atoms with van der Waals surface area (Å²) in [5.74, 6) is 1.62. The van der Waals surface area contributed by atoms with Crippen LogP contribution in [0.5, 0.6) is 0 Å². The van der Waals surface area contributed by atoms with Crippen molar-refractivity contribution < 1.29 is 4.39 Å². The lowest BCUT2D eigenvalue weighted by molar-refractivity contribution is 0.372. The molecule has 1 aliphatic rings. The molecule has 1 fully saturated rings. The van der Waals surface area contributed by atoms with E-state index in [2.05, 4.69) is 36.4 Å². The Balaban J connectivity index is 1.55. The van der Waals surface area contributed by atoms with Gasteiger partial charge in [-0.05, 0) is 31.8 Å². The molecule has 0 amide bonds. The minimum Gasteiger partial charge on any atom is -0.352 e. The van der Waals surface area contributed by atoms with Crippen molar-refractivity contribution in [1.82, 2.24) is 24.5 Å². The quantitative estimate of drug-likeness (QED) is 0.572. The van der Waals surface area contributed by atoms with Crippen molar-refractivity contribution in [3.63, 3.8) is 0 Å². The molecule has 1 aromatic heterocycles. The predicted octanol–water partition coefficient (Wildman–Crippen LogP) is 2.20. The minimum atomic E-state index is -0.161. The highest BCUT2D eigenvalue weighted by Crippen LogP contribution is 2.19. The number of hydrogen-bond acceptors (Lipinski definition) is 6. The zero-order chi connectivity index (χ0) is 20.8. The summed E-state index contributed by atoms with van der Waals surface area (Å²) in [7, 11) is 5.68. The molecule has 0 radical (unpaired) electrons. The fourth-order valence-corrected chi connectivity index (χ4v) is 4.14. The van der Waals surface area contributed by atoms with Gasteiger partial charge in [-0.15, -0.1) is 0 Å². The van der Waals surface area contributed by atoms with Gasteiger partial charge in [0.15, 0.2) is 5.96 Å². The number of aliphatic imine (C=N–C) groups is 1. The number of aryl methyl sites for hydroxylation is 1. The second kappa shape index (κ2) is 9.98. The molecule has 1 saturated heterocycles. The highest BCUT2D eigenvalue weighted by atomic mass is 32.1. The molecule has 0 unspecified atom stereocenters. The van der Waals surface area contributed by atoms with Crippen LogP contribution >= 0.6 is 11.5 Å². The average molecular weight is 420 g/mol. The molecule has 3 rings (SSSR count). The Morgan fingerprint density at radius 3 is 2.66 bits per heavy atom. The number of hydrogen-bond donors (Lipinski definition) is 1. The minimum absolute atomic E-state index is 0.161. The molecule has 1 aromatic carbocycles. The summed E-state index contributed by atoms with van der Waals surface area (Å²) in [6, 6.07) is 5.30. The van der Waals surface area contributed by atoms with Gasteiger partial charge < -0.3 is 20.0 Å². The number of guanidine groups is 1. The van der Waals surface area contributed by atoms with Crippen molar-refractivity contribution in [2.75, 3.05) is 52.2 Å². The summed E-state index contributed by atoms with van der Waals surface area (Å²) in [5.41, 5.74) is 1.75. The molecule has 0 saturated carbocycles. The largest absolute Gasteiger partial charge is 0.352 e. The van der Waals surface area contributed by atoms with Gasteiger partial charge in [-0.1, -0.05) is 13.0 Å². The molecule has 1 N–H and O–H groups in total.